The molecule has 0 bridgehead atoms. The highest BCUT2D eigenvalue weighted by Crippen LogP contribution is 2.17. The maximum Gasteiger partial charge on any atom is 0.120 e. The van der Waals surface area contributed by atoms with Crippen LogP contribution in [0.3, 0.4) is 0 Å². The fraction of sp³-hybridized carbons (Fsp3) is 0.278. The summed E-state index contributed by atoms with van der Waals surface area (Å²) in [5.74, 6) is 0.872. The number of hydrogen-bond acceptors (Lipinski definition) is 3. The van der Waals surface area contributed by atoms with Crippen molar-refractivity contribution in [2.45, 2.75) is 32.9 Å². The van der Waals surface area contributed by atoms with Crippen LogP contribution in [0.5, 0.6) is 5.75 Å². The summed E-state index contributed by atoms with van der Waals surface area (Å²) in [6.45, 7) is 6.84. The maximum absolute atomic E-state index is 5.78. The molecule has 110 valence electrons. The van der Waals surface area contributed by atoms with Crippen molar-refractivity contribution in [1.29, 1.82) is 0 Å². The zero-order chi connectivity index (χ0) is 15.1. The topological polar surface area (TPSA) is 33.6 Å². The molecule has 0 aliphatic carbocycles. The molecule has 0 unspecified atom stereocenters. The Balaban J connectivity index is 1.84. The van der Waals surface area contributed by atoms with Crippen molar-refractivity contribution in [3.63, 3.8) is 0 Å². The van der Waals surface area contributed by atoms with E-state index in [2.05, 4.69) is 22.7 Å². The second kappa shape index (κ2) is 6.93. The van der Waals surface area contributed by atoms with Crippen LogP contribution < -0.4 is 10.2 Å². The van der Waals surface area contributed by atoms with Crippen LogP contribution in [0.25, 0.3) is 0 Å². The molecule has 0 spiro atoms. The minimum Gasteiger partial charge on any atom is -0.488 e. The Hall–Kier alpha value is -2.29. The predicted molar refractivity (Wildman–Crippen MR) is 87.7 cm³/mol. The number of hydrazone groups is 1. The molecule has 0 aliphatic rings. The summed E-state index contributed by atoms with van der Waals surface area (Å²) in [6, 6.07) is 18.1. The van der Waals surface area contributed by atoms with Crippen molar-refractivity contribution < 1.29 is 4.74 Å². The van der Waals surface area contributed by atoms with Gasteiger partial charge in [-0.3, -0.25) is 0 Å². The number of nitrogens with one attached hydrogen (secondary N) is 1. The van der Waals surface area contributed by atoms with E-state index in [0.717, 1.165) is 17.9 Å². The number of nitrogens with zero attached hydrogens (tertiary/aromatic N) is 1. The van der Waals surface area contributed by atoms with E-state index in [1.807, 2.05) is 69.5 Å². The summed E-state index contributed by atoms with van der Waals surface area (Å²) in [5.41, 5.74) is 5.12. The highest BCUT2D eigenvalue weighted by molar-refractivity contribution is 5.79. The number of benzene rings is 2. The highest BCUT2D eigenvalue weighted by atomic mass is 16.5. The molecule has 1 N–H and O–H groups in total. The molecular formula is C18H22N2O. The van der Waals surface area contributed by atoms with Gasteiger partial charge >= 0.3 is 0 Å². The summed E-state index contributed by atoms with van der Waals surface area (Å²) in [4.78, 5) is 0. The van der Waals surface area contributed by atoms with E-state index >= 15 is 0 Å². The molecule has 0 aromatic heterocycles. The largest absolute Gasteiger partial charge is 0.488 e. The van der Waals surface area contributed by atoms with Gasteiger partial charge in [-0.25, -0.2) is 0 Å². The molecule has 0 aliphatic heterocycles. The average Bonchev–Trinajstić information content (AvgIpc) is 2.45. The first-order chi connectivity index (χ1) is 10.0. The SMILES string of the molecule is CC(C)(C)Oc1ccc(C=NNCc2ccccc2)cc1. The maximum atomic E-state index is 5.78. The molecular weight excluding hydrogens is 260 g/mol. The second-order valence-corrected chi connectivity index (χ2v) is 5.86. The monoisotopic (exact) mass is 282 g/mol. The van der Waals surface area contributed by atoms with Crippen LogP contribution in [0.2, 0.25) is 0 Å². The van der Waals surface area contributed by atoms with Gasteiger partial charge in [0.1, 0.15) is 11.4 Å². The van der Waals surface area contributed by atoms with Crippen molar-refractivity contribution in [3.8, 4) is 5.75 Å². The van der Waals surface area contributed by atoms with E-state index in [9.17, 15) is 0 Å². The first-order valence-electron chi connectivity index (χ1n) is 7.12. The summed E-state index contributed by atoms with van der Waals surface area (Å²) in [5, 5.41) is 4.23. The molecule has 0 saturated heterocycles. The van der Waals surface area contributed by atoms with E-state index in [1.165, 1.54) is 5.56 Å². The van der Waals surface area contributed by atoms with Crippen LogP contribution in [-0.2, 0) is 6.54 Å². The molecule has 0 heterocycles. The van der Waals surface area contributed by atoms with Gasteiger partial charge in [-0.15, -0.1) is 0 Å². The smallest absolute Gasteiger partial charge is 0.120 e. The fourth-order valence-corrected chi connectivity index (χ4v) is 1.83. The average molecular weight is 282 g/mol. The first kappa shape index (κ1) is 15.1. The minimum absolute atomic E-state index is 0.174. The molecule has 3 heteroatoms. The molecule has 0 saturated carbocycles. The summed E-state index contributed by atoms with van der Waals surface area (Å²) < 4.78 is 5.78. The third kappa shape index (κ3) is 5.69. The molecule has 21 heavy (non-hydrogen) atoms. The lowest BCUT2D eigenvalue weighted by atomic mass is 10.2. The number of ether oxygens (including phenoxy) is 1. The van der Waals surface area contributed by atoms with Gasteiger partial charge in [-0.1, -0.05) is 30.3 Å². The normalized spacial score (nSPS) is 11.6. The van der Waals surface area contributed by atoms with Crippen molar-refractivity contribution in [2.24, 2.45) is 5.10 Å². The van der Waals surface area contributed by atoms with E-state index in [4.69, 9.17) is 4.74 Å². The fourth-order valence-electron chi connectivity index (χ4n) is 1.83. The Morgan fingerprint density at radius 2 is 1.67 bits per heavy atom. The van der Waals surface area contributed by atoms with Crippen LogP contribution in [0.4, 0.5) is 0 Å². The Morgan fingerprint density at radius 1 is 1.00 bits per heavy atom. The van der Waals surface area contributed by atoms with E-state index in [1.54, 1.807) is 0 Å². The zero-order valence-electron chi connectivity index (χ0n) is 12.8. The Labute approximate surface area is 126 Å². The molecule has 2 rings (SSSR count). The lowest BCUT2D eigenvalue weighted by Gasteiger charge is -2.21. The molecule has 2 aromatic rings. The van der Waals surface area contributed by atoms with Crippen LogP contribution in [0.15, 0.2) is 59.7 Å². The van der Waals surface area contributed by atoms with Gasteiger partial charge in [0.2, 0.25) is 0 Å². The minimum atomic E-state index is -0.174. The quantitative estimate of drug-likeness (QED) is 0.664. The van der Waals surface area contributed by atoms with Gasteiger partial charge in [0.25, 0.3) is 0 Å². The molecule has 0 amide bonds. The lowest BCUT2D eigenvalue weighted by molar-refractivity contribution is 0.131. The van der Waals surface area contributed by atoms with Crippen LogP contribution in [0.1, 0.15) is 31.9 Å². The summed E-state index contributed by atoms with van der Waals surface area (Å²) >= 11 is 0. The van der Waals surface area contributed by atoms with Crippen LogP contribution >= 0.6 is 0 Å². The van der Waals surface area contributed by atoms with E-state index in [0.29, 0.717) is 0 Å². The zero-order valence-corrected chi connectivity index (χ0v) is 12.8. The third-order valence-corrected chi connectivity index (χ3v) is 2.74. The summed E-state index contributed by atoms with van der Waals surface area (Å²) in [7, 11) is 0. The van der Waals surface area contributed by atoms with Crippen LogP contribution in [-0.4, -0.2) is 11.8 Å². The van der Waals surface area contributed by atoms with Gasteiger partial charge < -0.3 is 10.2 Å². The van der Waals surface area contributed by atoms with Crippen molar-refractivity contribution >= 4 is 6.21 Å². The lowest BCUT2D eigenvalue weighted by Crippen LogP contribution is -2.22. The Morgan fingerprint density at radius 3 is 2.29 bits per heavy atom. The molecule has 0 atom stereocenters. The predicted octanol–water partition coefficient (Wildman–Crippen LogP) is 3.99. The van der Waals surface area contributed by atoms with E-state index in [-0.39, 0.29) is 5.60 Å². The van der Waals surface area contributed by atoms with E-state index < -0.39 is 0 Å². The van der Waals surface area contributed by atoms with Crippen molar-refractivity contribution in [3.05, 3.63) is 65.7 Å². The molecule has 3 nitrogen and oxygen atoms in total. The standard InChI is InChI=1S/C18H22N2O/c1-18(2,3)21-17-11-9-16(10-12-17)14-20-19-13-15-7-5-4-6-8-15/h4-12,14,19H,13H2,1-3H3. The number of hydrogen-bond donors (Lipinski definition) is 1. The van der Waals surface area contributed by atoms with Gasteiger partial charge in [0.05, 0.1) is 12.8 Å². The summed E-state index contributed by atoms with van der Waals surface area (Å²) in [6.07, 6.45) is 1.81. The Bertz CT molecular complexity index is 568. The highest BCUT2D eigenvalue weighted by Gasteiger charge is 2.10. The van der Waals surface area contributed by atoms with Gasteiger partial charge in [-0.05, 0) is 56.2 Å². The number of rotatable bonds is 5. The first-order valence-corrected chi connectivity index (χ1v) is 7.12. The van der Waals surface area contributed by atoms with Crippen LogP contribution in [0, 0.1) is 0 Å². The molecule has 0 radical (unpaired) electrons. The molecule has 0 fully saturated rings. The third-order valence-electron chi connectivity index (χ3n) is 2.74. The van der Waals surface area contributed by atoms with Gasteiger partial charge in [0.15, 0.2) is 0 Å². The second-order valence-electron chi connectivity index (χ2n) is 5.86. The van der Waals surface area contributed by atoms with Gasteiger partial charge in [0, 0.05) is 0 Å². The Kier molecular flexibility index (Phi) is 4.99. The van der Waals surface area contributed by atoms with Gasteiger partial charge in [-0.2, -0.15) is 5.10 Å². The van der Waals surface area contributed by atoms with Crippen molar-refractivity contribution in [1.82, 2.24) is 5.43 Å². The molecule has 2 aromatic carbocycles. The van der Waals surface area contributed by atoms with Crippen molar-refractivity contribution in [2.75, 3.05) is 0 Å².